The van der Waals surface area contributed by atoms with Crippen LogP contribution in [0.3, 0.4) is 0 Å². The van der Waals surface area contributed by atoms with Gasteiger partial charge >= 0.3 is 5.97 Å². The van der Waals surface area contributed by atoms with E-state index in [1.54, 1.807) is 19.1 Å². The van der Waals surface area contributed by atoms with Gasteiger partial charge in [-0.1, -0.05) is 6.07 Å². The number of esters is 1. The summed E-state index contributed by atoms with van der Waals surface area (Å²) in [5.74, 6) is -0.208. The van der Waals surface area contributed by atoms with Crippen molar-refractivity contribution in [2.75, 3.05) is 33.8 Å². The Morgan fingerprint density at radius 3 is 2.75 bits per heavy atom. The van der Waals surface area contributed by atoms with Crippen molar-refractivity contribution in [1.29, 1.82) is 0 Å². The number of methoxy groups -OCH3 is 1. The second kappa shape index (κ2) is 8.80. The summed E-state index contributed by atoms with van der Waals surface area (Å²) in [5, 5.41) is 3.11. The number of ether oxygens (including phenoxy) is 1. The van der Waals surface area contributed by atoms with Crippen LogP contribution in [0, 0.1) is 12.8 Å². The van der Waals surface area contributed by atoms with Gasteiger partial charge < -0.3 is 10.1 Å². The summed E-state index contributed by atoms with van der Waals surface area (Å²) in [7, 11) is -0.438. The molecular formula is C16H25ClN2O4S. The van der Waals surface area contributed by atoms with Crippen molar-refractivity contribution in [2.24, 2.45) is 5.92 Å². The van der Waals surface area contributed by atoms with Crippen molar-refractivity contribution in [3.63, 3.8) is 0 Å². The van der Waals surface area contributed by atoms with Crippen LogP contribution < -0.4 is 5.32 Å². The highest BCUT2D eigenvalue weighted by atomic mass is 35.5. The zero-order chi connectivity index (χ0) is 17.0. The molecule has 0 aromatic heterocycles. The molecule has 0 spiro atoms. The van der Waals surface area contributed by atoms with Gasteiger partial charge in [0.2, 0.25) is 10.0 Å². The number of carbonyl (C=O) groups excluding carboxylic acids is 1. The molecule has 1 aromatic rings. The number of sulfonamides is 1. The topological polar surface area (TPSA) is 75.7 Å². The van der Waals surface area contributed by atoms with Crippen molar-refractivity contribution < 1.29 is 17.9 Å². The van der Waals surface area contributed by atoms with Crippen LogP contribution in [0.25, 0.3) is 0 Å². The highest BCUT2D eigenvalue weighted by molar-refractivity contribution is 7.89. The molecule has 2 rings (SSSR count). The predicted molar refractivity (Wildman–Crippen MR) is 95.2 cm³/mol. The molecule has 1 aromatic carbocycles. The van der Waals surface area contributed by atoms with Crippen molar-refractivity contribution in [1.82, 2.24) is 9.62 Å². The number of aryl methyl sites for hydroxylation is 1. The maximum absolute atomic E-state index is 12.9. The van der Waals surface area contributed by atoms with E-state index in [2.05, 4.69) is 5.32 Å². The van der Waals surface area contributed by atoms with Crippen molar-refractivity contribution in [3.8, 4) is 0 Å². The Morgan fingerprint density at radius 1 is 1.42 bits per heavy atom. The van der Waals surface area contributed by atoms with Gasteiger partial charge in [-0.25, -0.2) is 13.2 Å². The van der Waals surface area contributed by atoms with Gasteiger partial charge in [0, 0.05) is 13.1 Å². The van der Waals surface area contributed by atoms with E-state index in [0.717, 1.165) is 19.4 Å². The molecule has 0 amide bonds. The second-order valence-electron chi connectivity index (χ2n) is 5.90. The SMILES string of the molecule is CNCC1CCCN(S(=O)(=O)c2ccc(C)c(C(=O)OC)c2)C1.Cl. The van der Waals surface area contributed by atoms with Crippen LogP contribution in [0.4, 0.5) is 0 Å². The fraction of sp³-hybridized carbons (Fsp3) is 0.562. The number of rotatable bonds is 5. The van der Waals surface area contributed by atoms with Crippen LogP contribution in [-0.2, 0) is 14.8 Å². The molecule has 1 N–H and O–H groups in total. The Balaban J connectivity index is 0.00000288. The number of hydrogen-bond acceptors (Lipinski definition) is 5. The average Bonchev–Trinajstić information content (AvgIpc) is 2.55. The maximum atomic E-state index is 12.9. The molecule has 8 heteroatoms. The molecule has 0 aliphatic carbocycles. The maximum Gasteiger partial charge on any atom is 0.338 e. The van der Waals surface area contributed by atoms with Crippen molar-refractivity contribution in [3.05, 3.63) is 29.3 Å². The monoisotopic (exact) mass is 376 g/mol. The molecule has 1 aliphatic heterocycles. The quantitative estimate of drug-likeness (QED) is 0.793. The van der Waals surface area contributed by atoms with Crippen LogP contribution in [0.1, 0.15) is 28.8 Å². The molecule has 0 saturated carbocycles. The Labute approximate surface area is 150 Å². The minimum atomic E-state index is -3.60. The molecule has 6 nitrogen and oxygen atoms in total. The summed E-state index contributed by atoms with van der Waals surface area (Å²) < 4.78 is 32.0. The molecule has 0 bridgehead atoms. The van der Waals surface area contributed by atoms with E-state index in [9.17, 15) is 13.2 Å². The molecule has 24 heavy (non-hydrogen) atoms. The molecular weight excluding hydrogens is 352 g/mol. The van der Waals surface area contributed by atoms with E-state index in [-0.39, 0.29) is 22.9 Å². The molecule has 1 unspecified atom stereocenters. The van der Waals surface area contributed by atoms with Gasteiger partial charge in [0.25, 0.3) is 0 Å². The van der Waals surface area contributed by atoms with Gasteiger partial charge in [-0.15, -0.1) is 12.4 Å². The average molecular weight is 377 g/mol. The predicted octanol–water partition coefficient (Wildman–Crippen LogP) is 1.82. The summed E-state index contributed by atoms with van der Waals surface area (Å²) in [6, 6.07) is 4.62. The Bertz CT molecular complexity index is 677. The van der Waals surface area contributed by atoms with Crippen molar-refractivity contribution >= 4 is 28.4 Å². The normalized spacial score (nSPS) is 18.7. The lowest BCUT2D eigenvalue weighted by molar-refractivity contribution is 0.0599. The number of carbonyl (C=O) groups is 1. The standard InChI is InChI=1S/C16H24N2O4S.ClH/c1-12-6-7-14(9-15(12)16(19)22-3)23(20,21)18-8-4-5-13(11-18)10-17-2;/h6-7,9,13,17H,4-5,8,10-11H2,1-3H3;1H. The minimum absolute atomic E-state index is 0. The van der Waals surface area contributed by atoms with E-state index >= 15 is 0 Å². The first-order valence-electron chi connectivity index (χ1n) is 7.74. The van der Waals surface area contributed by atoms with Gasteiger partial charge in [0.15, 0.2) is 0 Å². The van der Waals surface area contributed by atoms with E-state index < -0.39 is 16.0 Å². The van der Waals surface area contributed by atoms with Crippen LogP contribution in [0.5, 0.6) is 0 Å². The summed E-state index contributed by atoms with van der Waals surface area (Å²) in [5.41, 5.74) is 0.986. The number of nitrogens with one attached hydrogen (secondary N) is 1. The first-order chi connectivity index (χ1) is 10.9. The molecule has 1 fully saturated rings. The summed E-state index contributed by atoms with van der Waals surface area (Å²) in [6.45, 7) is 3.58. The third kappa shape index (κ3) is 4.47. The van der Waals surface area contributed by atoms with E-state index in [0.29, 0.717) is 24.6 Å². The molecule has 0 radical (unpaired) electrons. The first-order valence-corrected chi connectivity index (χ1v) is 9.18. The molecule has 1 heterocycles. The number of piperidine rings is 1. The van der Waals surface area contributed by atoms with Crippen molar-refractivity contribution in [2.45, 2.75) is 24.7 Å². The third-order valence-corrected chi connectivity index (χ3v) is 6.09. The lowest BCUT2D eigenvalue weighted by atomic mass is 10.00. The summed E-state index contributed by atoms with van der Waals surface area (Å²) in [6.07, 6.45) is 1.87. The van der Waals surface area contributed by atoms with Gasteiger partial charge in [0.05, 0.1) is 17.6 Å². The van der Waals surface area contributed by atoms with Crippen LogP contribution in [0.2, 0.25) is 0 Å². The fourth-order valence-corrected chi connectivity index (χ4v) is 4.52. The Morgan fingerprint density at radius 2 is 2.12 bits per heavy atom. The molecule has 1 atom stereocenters. The van der Waals surface area contributed by atoms with E-state index in [1.807, 2.05) is 7.05 Å². The van der Waals surface area contributed by atoms with E-state index in [1.165, 1.54) is 17.5 Å². The molecule has 1 saturated heterocycles. The number of halogens is 1. The van der Waals surface area contributed by atoms with Gasteiger partial charge in [-0.2, -0.15) is 4.31 Å². The minimum Gasteiger partial charge on any atom is -0.465 e. The Hall–Kier alpha value is -1.15. The second-order valence-corrected chi connectivity index (χ2v) is 7.84. The lowest BCUT2D eigenvalue weighted by Crippen LogP contribution is -2.42. The first kappa shape index (κ1) is 20.9. The van der Waals surface area contributed by atoms with Gasteiger partial charge in [-0.05, 0) is 57.0 Å². The Kier molecular flexibility index (Phi) is 7.66. The van der Waals surface area contributed by atoms with Gasteiger partial charge in [0.1, 0.15) is 0 Å². The molecule has 1 aliphatic rings. The highest BCUT2D eigenvalue weighted by Gasteiger charge is 2.30. The highest BCUT2D eigenvalue weighted by Crippen LogP contribution is 2.25. The fourth-order valence-electron chi connectivity index (χ4n) is 2.94. The summed E-state index contributed by atoms with van der Waals surface area (Å²) in [4.78, 5) is 11.9. The smallest absolute Gasteiger partial charge is 0.338 e. The largest absolute Gasteiger partial charge is 0.465 e. The van der Waals surface area contributed by atoms with Crippen LogP contribution in [0.15, 0.2) is 23.1 Å². The zero-order valence-corrected chi connectivity index (χ0v) is 15.9. The number of nitrogens with zero attached hydrogens (tertiary/aromatic N) is 1. The number of hydrogen-bond donors (Lipinski definition) is 1. The van der Waals surface area contributed by atoms with Crippen LogP contribution in [-0.4, -0.2) is 52.5 Å². The lowest BCUT2D eigenvalue weighted by Gasteiger charge is -2.32. The zero-order valence-electron chi connectivity index (χ0n) is 14.2. The number of benzene rings is 1. The summed E-state index contributed by atoms with van der Waals surface area (Å²) >= 11 is 0. The van der Waals surface area contributed by atoms with Gasteiger partial charge in [-0.3, -0.25) is 0 Å². The van der Waals surface area contributed by atoms with Crippen LogP contribution >= 0.6 is 12.4 Å². The van der Waals surface area contributed by atoms with E-state index in [4.69, 9.17) is 4.74 Å². The third-order valence-electron chi connectivity index (χ3n) is 4.23. The molecule has 136 valence electrons.